The fourth-order valence-corrected chi connectivity index (χ4v) is 3.53. The highest BCUT2D eigenvalue weighted by molar-refractivity contribution is 8.00. The maximum Gasteiger partial charge on any atom is 0.305 e. The van der Waals surface area contributed by atoms with Gasteiger partial charge in [-0.2, -0.15) is 0 Å². The topological polar surface area (TPSA) is 40.5 Å². The lowest BCUT2D eigenvalue weighted by Gasteiger charge is -2.34. The second-order valence-electron chi connectivity index (χ2n) is 4.10. The quantitative estimate of drug-likeness (QED) is 0.917. The fourth-order valence-electron chi connectivity index (χ4n) is 1.99. The van der Waals surface area contributed by atoms with E-state index < -0.39 is 5.97 Å². The molecule has 1 aromatic carbocycles. The van der Waals surface area contributed by atoms with Crippen molar-refractivity contribution in [3.8, 4) is 0 Å². The average Bonchev–Trinajstić information content (AvgIpc) is 2.25. The van der Waals surface area contributed by atoms with Gasteiger partial charge >= 0.3 is 5.97 Å². The SMILES string of the molecule is CC1CN(CCC(=O)O)c2c(Cl)cccc2S1. The summed E-state index contributed by atoms with van der Waals surface area (Å²) in [6.07, 6.45) is 0.141. The first kappa shape index (κ1) is 12.6. The molecular weight excluding hydrogens is 258 g/mol. The van der Waals surface area contributed by atoms with Gasteiger partial charge in [-0.05, 0) is 12.1 Å². The van der Waals surface area contributed by atoms with Gasteiger partial charge in [0, 0.05) is 23.2 Å². The van der Waals surface area contributed by atoms with Crippen LogP contribution in [-0.2, 0) is 4.79 Å². The monoisotopic (exact) mass is 271 g/mol. The van der Waals surface area contributed by atoms with Gasteiger partial charge < -0.3 is 10.0 Å². The molecule has 1 aromatic rings. The first-order valence-corrected chi connectivity index (χ1v) is 6.75. The van der Waals surface area contributed by atoms with Crippen molar-refractivity contribution in [2.75, 3.05) is 18.0 Å². The van der Waals surface area contributed by atoms with Gasteiger partial charge in [-0.15, -0.1) is 11.8 Å². The van der Waals surface area contributed by atoms with Crippen molar-refractivity contribution in [2.24, 2.45) is 0 Å². The first-order valence-electron chi connectivity index (χ1n) is 5.50. The summed E-state index contributed by atoms with van der Waals surface area (Å²) in [6.45, 7) is 3.49. The molecule has 0 radical (unpaired) electrons. The Morgan fingerprint density at radius 3 is 3.12 bits per heavy atom. The second kappa shape index (κ2) is 5.19. The van der Waals surface area contributed by atoms with E-state index in [0.29, 0.717) is 16.8 Å². The summed E-state index contributed by atoms with van der Waals surface area (Å²) < 4.78 is 0. The zero-order valence-corrected chi connectivity index (χ0v) is 11.1. The number of benzene rings is 1. The summed E-state index contributed by atoms with van der Waals surface area (Å²) in [7, 11) is 0. The molecule has 0 aliphatic carbocycles. The zero-order chi connectivity index (χ0) is 12.4. The van der Waals surface area contributed by atoms with E-state index in [1.807, 2.05) is 18.2 Å². The molecule has 17 heavy (non-hydrogen) atoms. The highest BCUT2D eigenvalue weighted by Gasteiger charge is 2.24. The lowest BCUT2D eigenvalue weighted by atomic mass is 10.2. The molecule has 1 aliphatic rings. The van der Waals surface area contributed by atoms with E-state index in [1.165, 1.54) is 0 Å². The molecule has 2 rings (SSSR count). The number of rotatable bonds is 3. The number of anilines is 1. The van der Waals surface area contributed by atoms with Crippen molar-refractivity contribution in [2.45, 2.75) is 23.5 Å². The molecule has 1 N–H and O–H groups in total. The van der Waals surface area contributed by atoms with Crippen LogP contribution in [0.1, 0.15) is 13.3 Å². The fraction of sp³-hybridized carbons (Fsp3) is 0.417. The van der Waals surface area contributed by atoms with E-state index in [9.17, 15) is 4.79 Å². The molecule has 3 nitrogen and oxygen atoms in total. The minimum absolute atomic E-state index is 0.141. The highest BCUT2D eigenvalue weighted by atomic mass is 35.5. The number of carboxylic acids is 1. The van der Waals surface area contributed by atoms with Gasteiger partial charge in [0.15, 0.2) is 0 Å². The lowest BCUT2D eigenvalue weighted by Crippen LogP contribution is -2.35. The molecule has 1 unspecified atom stereocenters. The van der Waals surface area contributed by atoms with E-state index >= 15 is 0 Å². The Labute approximate surface area is 110 Å². The van der Waals surface area contributed by atoms with Gasteiger partial charge in [-0.3, -0.25) is 4.79 Å². The maximum atomic E-state index is 10.7. The van der Waals surface area contributed by atoms with Crippen LogP contribution in [0, 0.1) is 0 Å². The Bertz CT molecular complexity index is 439. The normalized spacial score (nSPS) is 18.9. The average molecular weight is 272 g/mol. The molecule has 0 saturated carbocycles. The Hall–Kier alpha value is -0.870. The molecule has 92 valence electrons. The third-order valence-electron chi connectivity index (χ3n) is 2.67. The van der Waals surface area contributed by atoms with Crippen LogP contribution in [0.15, 0.2) is 23.1 Å². The zero-order valence-electron chi connectivity index (χ0n) is 9.52. The van der Waals surface area contributed by atoms with Gasteiger partial charge in [-0.25, -0.2) is 0 Å². The Kier molecular flexibility index (Phi) is 3.84. The number of thioether (sulfide) groups is 1. The number of hydrogen-bond acceptors (Lipinski definition) is 3. The van der Waals surface area contributed by atoms with Crippen molar-refractivity contribution < 1.29 is 9.90 Å². The van der Waals surface area contributed by atoms with Crippen LogP contribution < -0.4 is 4.90 Å². The standard InChI is InChI=1S/C12H14ClNO2S/c1-8-7-14(6-5-11(15)16)12-9(13)3-2-4-10(12)17-8/h2-4,8H,5-7H2,1H3,(H,15,16). The molecule has 0 bridgehead atoms. The number of fused-ring (bicyclic) bond motifs is 1. The van der Waals surface area contributed by atoms with E-state index in [1.54, 1.807) is 11.8 Å². The minimum atomic E-state index is -0.774. The van der Waals surface area contributed by atoms with Crippen molar-refractivity contribution in [1.29, 1.82) is 0 Å². The van der Waals surface area contributed by atoms with Crippen molar-refractivity contribution in [3.05, 3.63) is 23.2 Å². The smallest absolute Gasteiger partial charge is 0.305 e. The van der Waals surface area contributed by atoms with Crippen molar-refractivity contribution in [1.82, 2.24) is 0 Å². The van der Waals surface area contributed by atoms with Crippen LogP contribution in [-0.4, -0.2) is 29.4 Å². The molecule has 1 heterocycles. The number of nitrogens with zero attached hydrogens (tertiary/aromatic N) is 1. The summed E-state index contributed by atoms with van der Waals surface area (Å²) in [5, 5.41) is 9.92. The third kappa shape index (κ3) is 2.87. The number of aliphatic carboxylic acids is 1. The second-order valence-corrected chi connectivity index (χ2v) is 5.99. The number of para-hydroxylation sites is 1. The maximum absolute atomic E-state index is 10.7. The predicted octanol–water partition coefficient (Wildman–Crippen LogP) is 3.12. The third-order valence-corrected chi connectivity index (χ3v) is 4.11. The van der Waals surface area contributed by atoms with Gasteiger partial charge in [0.2, 0.25) is 0 Å². The highest BCUT2D eigenvalue weighted by Crippen LogP contribution is 2.42. The van der Waals surface area contributed by atoms with Crippen LogP contribution in [0.4, 0.5) is 5.69 Å². The largest absolute Gasteiger partial charge is 0.481 e. The summed E-state index contributed by atoms with van der Waals surface area (Å²) >= 11 is 7.99. The number of carboxylic acid groups (broad SMARTS) is 1. The molecule has 0 fully saturated rings. The first-order chi connectivity index (χ1) is 8.08. The van der Waals surface area contributed by atoms with Crippen LogP contribution in [0.3, 0.4) is 0 Å². The Morgan fingerprint density at radius 2 is 2.41 bits per heavy atom. The lowest BCUT2D eigenvalue weighted by molar-refractivity contribution is -0.136. The van der Waals surface area contributed by atoms with Crippen LogP contribution in [0.2, 0.25) is 5.02 Å². The number of carbonyl (C=O) groups is 1. The molecule has 5 heteroatoms. The molecule has 0 spiro atoms. The van der Waals surface area contributed by atoms with Gasteiger partial charge in [0.1, 0.15) is 0 Å². The van der Waals surface area contributed by atoms with Crippen LogP contribution in [0.25, 0.3) is 0 Å². The van der Waals surface area contributed by atoms with E-state index in [4.69, 9.17) is 16.7 Å². The van der Waals surface area contributed by atoms with E-state index in [-0.39, 0.29) is 6.42 Å². The summed E-state index contributed by atoms with van der Waals surface area (Å²) in [5.74, 6) is -0.774. The number of hydrogen-bond donors (Lipinski definition) is 1. The van der Waals surface area contributed by atoms with Crippen LogP contribution in [0.5, 0.6) is 0 Å². The van der Waals surface area contributed by atoms with E-state index in [0.717, 1.165) is 17.1 Å². The molecule has 0 saturated heterocycles. The molecule has 0 aromatic heterocycles. The Balaban J connectivity index is 2.26. The molecule has 0 amide bonds. The molecule has 1 atom stereocenters. The molecular formula is C12H14ClNO2S. The summed E-state index contributed by atoms with van der Waals surface area (Å²) in [5.41, 5.74) is 0.985. The Morgan fingerprint density at radius 1 is 1.65 bits per heavy atom. The predicted molar refractivity (Wildman–Crippen MR) is 71.2 cm³/mol. The van der Waals surface area contributed by atoms with Gasteiger partial charge in [0.25, 0.3) is 0 Å². The van der Waals surface area contributed by atoms with Gasteiger partial charge in [-0.1, -0.05) is 24.6 Å². The van der Waals surface area contributed by atoms with Crippen molar-refractivity contribution in [3.63, 3.8) is 0 Å². The summed E-state index contributed by atoms with van der Waals surface area (Å²) in [4.78, 5) is 13.9. The summed E-state index contributed by atoms with van der Waals surface area (Å²) in [6, 6.07) is 5.82. The molecule has 1 aliphatic heterocycles. The van der Waals surface area contributed by atoms with Crippen molar-refractivity contribution >= 4 is 35.0 Å². The minimum Gasteiger partial charge on any atom is -0.481 e. The van der Waals surface area contributed by atoms with E-state index in [2.05, 4.69) is 11.8 Å². The van der Waals surface area contributed by atoms with Gasteiger partial charge in [0.05, 0.1) is 17.1 Å². The van der Waals surface area contributed by atoms with Crippen LogP contribution >= 0.6 is 23.4 Å². The number of halogens is 1.